The van der Waals surface area contributed by atoms with Crippen LogP contribution in [0.2, 0.25) is 0 Å². The minimum absolute atomic E-state index is 0. The van der Waals surface area contributed by atoms with Crippen LogP contribution in [0.15, 0.2) is 28.8 Å². The SMILES string of the molecule is Cc1nc(COc2ccc(NC(=O)c3n[nH]c4c3CNCC4)cc2)no1.Cl. The van der Waals surface area contributed by atoms with E-state index < -0.39 is 0 Å². The van der Waals surface area contributed by atoms with E-state index in [0.717, 1.165) is 24.2 Å². The quantitative estimate of drug-likeness (QED) is 0.609. The molecule has 0 spiro atoms. The molecule has 1 amide bonds. The van der Waals surface area contributed by atoms with Gasteiger partial charge in [-0.3, -0.25) is 9.89 Å². The third kappa shape index (κ3) is 4.26. The number of aryl methyl sites for hydroxylation is 1. The van der Waals surface area contributed by atoms with E-state index in [1.807, 2.05) is 0 Å². The number of H-pyrrole nitrogens is 1. The second-order valence-electron chi connectivity index (χ2n) is 5.95. The van der Waals surface area contributed by atoms with Crippen LogP contribution in [0.3, 0.4) is 0 Å². The fourth-order valence-corrected chi connectivity index (χ4v) is 2.79. The van der Waals surface area contributed by atoms with Crippen LogP contribution in [-0.4, -0.2) is 32.8 Å². The molecule has 3 heterocycles. The third-order valence-corrected chi connectivity index (χ3v) is 4.07. The number of nitrogens with one attached hydrogen (secondary N) is 3. The molecule has 10 heteroatoms. The number of benzene rings is 1. The summed E-state index contributed by atoms with van der Waals surface area (Å²) in [4.78, 5) is 16.5. The Balaban J connectivity index is 0.00000210. The lowest BCUT2D eigenvalue weighted by Gasteiger charge is -2.13. The van der Waals surface area contributed by atoms with Crippen molar-refractivity contribution in [2.75, 3.05) is 11.9 Å². The summed E-state index contributed by atoms with van der Waals surface area (Å²) in [6, 6.07) is 7.08. The van der Waals surface area contributed by atoms with Gasteiger partial charge in [-0.2, -0.15) is 10.1 Å². The Labute approximate surface area is 161 Å². The molecule has 0 radical (unpaired) electrons. The molecule has 3 N–H and O–H groups in total. The summed E-state index contributed by atoms with van der Waals surface area (Å²) in [7, 11) is 0. The molecule has 0 fully saturated rings. The van der Waals surface area contributed by atoms with E-state index in [1.54, 1.807) is 31.2 Å². The minimum atomic E-state index is -0.234. The Bertz CT molecular complexity index is 921. The predicted octanol–water partition coefficient (Wildman–Crippen LogP) is 2.00. The lowest BCUT2D eigenvalue weighted by atomic mass is 10.1. The molecule has 27 heavy (non-hydrogen) atoms. The summed E-state index contributed by atoms with van der Waals surface area (Å²) in [6.07, 6.45) is 0.849. The van der Waals surface area contributed by atoms with Gasteiger partial charge in [0.2, 0.25) is 11.7 Å². The smallest absolute Gasteiger partial charge is 0.276 e. The van der Waals surface area contributed by atoms with Crippen molar-refractivity contribution in [1.29, 1.82) is 0 Å². The Morgan fingerprint density at radius 1 is 1.33 bits per heavy atom. The molecule has 1 aliphatic rings. The Kier molecular flexibility index (Phi) is 5.72. The molecule has 1 aromatic carbocycles. The highest BCUT2D eigenvalue weighted by atomic mass is 35.5. The largest absolute Gasteiger partial charge is 0.485 e. The molecule has 0 saturated carbocycles. The Morgan fingerprint density at radius 3 is 2.89 bits per heavy atom. The number of hydrogen-bond acceptors (Lipinski definition) is 7. The van der Waals surface area contributed by atoms with E-state index in [9.17, 15) is 4.79 Å². The predicted molar refractivity (Wildman–Crippen MR) is 99.0 cm³/mol. The zero-order chi connectivity index (χ0) is 17.9. The molecule has 142 valence electrons. The maximum atomic E-state index is 12.5. The number of amides is 1. The zero-order valence-corrected chi connectivity index (χ0v) is 15.4. The number of carbonyl (C=O) groups is 1. The topological polar surface area (TPSA) is 118 Å². The van der Waals surface area contributed by atoms with Crippen molar-refractivity contribution >= 4 is 24.0 Å². The van der Waals surface area contributed by atoms with Crippen LogP contribution in [0, 0.1) is 6.92 Å². The summed E-state index contributed by atoms with van der Waals surface area (Å²) >= 11 is 0. The van der Waals surface area contributed by atoms with E-state index in [1.165, 1.54) is 0 Å². The average Bonchev–Trinajstić information content (AvgIpc) is 3.27. The van der Waals surface area contributed by atoms with E-state index >= 15 is 0 Å². The van der Waals surface area contributed by atoms with Gasteiger partial charge in [-0.25, -0.2) is 0 Å². The number of ether oxygens (including phenoxy) is 1. The second-order valence-corrected chi connectivity index (χ2v) is 5.95. The summed E-state index contributed by atoms with van der Waals surface area (Å²) in [5.74, 6) is 1.39. The second kappa shape index (κ2) is 8.19. The van der Waals surface area contributed by atoms with Crippen molar-refractivity contribution in [2.45, 2.75) is 26.5 Å². The molecule has 1 aliphatic heterocycles. The number of anilines is 1. The van der Waals surface area contributed by atoms with Gasteiger partial charge in [0, 0.05) is 43.4 Å². The molecule has 0 unspecified atom stereocenters. The average molecular weight is 391 g/mol. The van der Waals surface area contributed by atoms with Gasteiger partial charge in [0.15, 0.2) is 12.3 Å². The van der Waals surface area contributed by atoms with Crippen molar-refractivity contribution in [3.8, 4) is 5.75 Å². The highest BCUT2D eigenvalue weighted by Crippen LogP contribution is 2.19. The van der Waals surface area contributed by atoms with E-state index in [-0.39, 0.29) is 24.9 Å². The number of nitrogens with zero attached hydrogens (tertiary/aromatic N) is 3. The van der Waals surface area contributed by atoms with Crippen LogP contribution in [0.4, 0.5) is 5.69 Å². The standard InChI is InChI=1S/C17H18N6O3.ClH/c1-10-19-15(23-26-10)9-25-12-4-2-11(3-5-12)20-17(24)16-13-8-18-7-6-14(13)21-22-16;/h2-5,18H,6-9H2,1H3,(H,20,24)(H,21,22);1H. The van der Waals surface area contributed by atoms with Crippen LogP contribution in [0.5, 0.6) is 5.75 Å². The highest BCUT2D eigenvalue weighted by Gasteiger charge is 2.21. The first-order valence-electron chi connectivity index (χ1n) is 8.29. The number of rotatable bonds is 5. The van der Waals surface area contributed by atoms with Crippen LogP contribution in [0.25, 0.3) is 0 Å². The van der Waals surface area contributed by atoms with Crippen LogP contribution >= 0.6 is 12.4 Å². The first kappa shape index (κ1) is 18.9. The van der Waals surface area contributed by atoms with Crippen molar-refractivity contribution in [3.63, 3.8) is 0 Å². The molecule has 0 saturated heterocycles. The number of carbonyl (C=O) groups excluding carboxylic acids is 1. The summed E-state index contributed by atoms with van der Waals surface area (Å²) in [5, 5.41) is 17.0. The van der Waals surface area contributed by atoms with E-state index in [4.69, 9.17) is 9.26 Å². The molecule has 2 aromatic heterocycles. The summed E-state index contributed by atoms with van der Waals surface area (Å²) < 4.78 is 10.5. The lowest BCUT2D eigenvalue weighted by Crippen LogP contribution is -2.25. The van der Waals surface area contributed by atoms with Crippen molar-refractivity contribution in [3.05, 3.63) is 52.9 Å². The highest BCUT2D eigenvalue weighted by molar-refractivity contribution is 6.04. The molecule has 3 aromatic rings. The molecular formula is C17H19ClN6O3. The van der Waals surface area contributed by atoms with Gasteiger partial charge in [-0.1, -0.05) is 5.16 Å². The number of halogens is 1. The molecule has 0 bridgehead atoms. The zero-order valence-electron chi connectivity index (χ0n) is 14.6. The fraction of sp³-hybridized carbons (Fsp3) is 0.294. The maximum Gasteiger partial charge on any atom is 0.276 e. The maximum absolute atomic E-state index is 12.5. The Morgan fingerprint density at radius 2 is 2.15 bits per heavy atom. The van der Waals surface area contributed by atoms with Gasteiger partial charge in [0.05, 0.1) is 0 Å². The third-order valence-electron chi connectivity index (χ3n) is 4.07. The number of aromatic amines is 1. The lowest BCUT2D eigenvalue weighted by molar-refractivity contribution is 0.102. The van der Waals surface area contributed by atoms with Gasteiger partial charge < -0.3 is 19.9 Å². The van der Waals surface area contributed by atoms with Crippen LogP contribution in [0.1, 0.15) is 33.5 Å². The van der Waals surface area contributed by atoms with Gasteiger partial charge in [-0.05, 0) is 24.3 Å². The number of fused-ring (bicyclic) bond motifs is 1. The van der Waals surface area contributed by atoms with Crippen molar-refractivity contribution < 1.29 is 14.1 Å². The minimum Gasteiger partial charge on any atom is -0.485 e. The van der Waals surface area contributed by atoms with E-state index in [2.05, 4.69) is 31.0 Å². The molecule has 4 rings (SSSR count). The number of hydrogen-bond donors (Lipinski definition) is 3. The van der Waals surface area contributed by atoms with Gasteiger partial charge in [0.1, 0.15) is 5.75 Å². The molecule has 0 atom stereocenters. The molecule has 9 nitrogen and oxygen atoms in total. The van der Waals surface area contributed by atoms with Gasteiger partial charge in [-0.15, -0.1) is 12.4 Å². The summed E-state index contributed by atoms with van der Waals surface area (Å²) in [5.41, 5.74) is 3.05. The van der Waals surface area contributed by atoms with E-state index in [0.29, 0.717) is 35.4 Å². The molecular weight excluding hydrogens is 372 g/mol. The van der Waals surface area contributed by atoms with Gasteiger partial charge in [0.25, 0.3) is 5.91 Å². The normalized spacial score (nSPS) is 12.8. The fourth-order valence-electron chi connectivity index (χ4n) is 2.79. The van der Waals surface area contributed by atoms with Gasteiger partial charge >= 0.3 is 0 Å². The number of aromatic nitrogens is 4. The Hall–Kier alpha value is -2.91. The first-order valence-corrected chi connectivity index (χ1v) is 8.29. The first-order chi connectivity index (χ1) is 12.7. The summed E-state index contributed by atoms with van der Waals surface area (Å²) in [6.45, 7) is 3.48. The monoisotopic (exact) mass is 390 g/mol. The van der Waals surface area contributed by atoms with Crippen molar-refractivity contribution in [2.24, 2.45) is 0 Å². The van der Waals surface area contributed by atoms with Crippen LogP contribution < -0.4 is 15.4 Å². The molecule has 0 aliphatic carbocycles. The van der Waals surface area contributed by atoms with Crippen LogP contribution in [-0.2, 0) is 19.6 Å². The van der Waals surface area contributed by atoms with Crippen molar-refractivity contribution in [1.82, 2.24) is 25.7 Å².